The molecule has 0 heterocycles. The SMILES string of the molecule is COc1cccc(/C(=C/C(=O)[O-])c2ccccc2Cl)c1. The van der Waals surface area contributed by atoms with E-state index in [-0.39, 0.29) is 0 Å². The van der Waals surface area contributed by atoms with Gasteiger partial charge in [0.05, 0.1) is 13.1 Å². The van der Waals surface area contributed by atoms with Crippen molar-refractivity contribution >= 4 is 23.1 Å². The largest absolute Gasteiger partial charge is 0.545 e. The van der Waals surface area contributed by atoms with Gasteiger partial charge >= 0.3 is 0 Å². The van der Waals surface area contributed by atoms with Crippen LogP contribution in [0.3, 0.4) is 0 Å². The predicted molar refractivity (Wildman–Crippen MR) is 76.5 cm³/mol. The minimum atomic E-state index is -1.28. The van der Waals surface area contributed by atoms with E-state index in [2.05, 4.69) is 0 Å². The first kappa shape index (κ1) is 14.2. The number of carbonyl (C=O) groups is 1. The number of carbonyl (C=O) groups excluding carboxylic acids is 1. The Morgan fingerprint density at radius 1 is 1.20 bits per heavy atom. The lowest BCUT2D eigenvalue weighted by Gasteiger charge is -2.12. The maximum atomic E-state index is 11.0. The standard InChI is InChI=1S/C16H13ClO3/c1-20-12-6-4-5-11(9-12)14(10-16(18)19)13-7-2-3-8-15(13)17/h2-10H,1H3,(H,18,19)/p-1/b14-10-. The third kappa shape index (κ3) is 3.19. The van der Waals surface area contributed by atoms with Crippen molar-refractivity contribution in [3.63, 3.8) is 0 Å². The summed E-state index contributed by atoms with van der Waals surface area (Å²) in [6, 6.07) is 14.2. The van der Waals surface area contributed by atoms with E-state index in [1.165, 1.54) is 0 Å². The Morgan fingerprint density at radius 2 is 1.95 bits per heavy atom. The molecule has 0 saturated heterocycles. The minimum absolute atomic E-state index is 0.475. The number of carboxylic acid groups (broad SMARTS) is 1. The normalized spacial score (nSPS) is 11.2. The van der Waals surface area contributed by atoms with Gasteiger partial charge in [-0.25, -0.2) is 0 Å². The van der Waals surface area contributed by atoms with E-state index in [9.17, 15) is 9.90 Å². The van der Waals surface area contributed by atoms with E-state index in [0.717, 1.165) is 6.08 Å². The summed E-state index contributed by atoms with van der Waals surface area (Å²) in [5.41, 5.74) is 1.81. The number of ether oxygens (including phenoxy) is 1. The summed E-state index contributed by atoms with van der Waals surface area (Å²) in [7, 11) is 1.55. The van der Waals surface area contributed by atoms with Crippen LogP contribution in [0.5, 0.6) is 5.75 Å². The zero-order chi connectivity index (χ0) is 14.5. The van der Waals surface area contributed by atoms with Crippen LogP contribution in [0.1, 0.15) is 11.1 Å². The number of aliphatic carboxylic acids is 1. The predicted octanol–water partition coefficient (Wildman–Crippen LogP) is 2.53. The van der Waals surface area contributed by atoms with Gasteiger partial charge in [0.2, 0.25) is 0 Å². The zero-order valence-electron chi connectivity index (χ0n) is 10.8. The van der Waals surface area contributed by atoms with Crippen molar-refractivity contribution < 1.29 is 14.6 Å². The Morgan fingerprint density at radius 3 is 2.60 bits per heavy atom. The molecule has 0 fully saturated rings. The fourth-order valence-electron chi connectivity index (χ4n) is 1.90. The van der Waals surface area contributed by atoms with Gasteiger partial charge in [-0.15, -0.1) is 0 Å². The molecule has 0 atom stereocenters. The second kappa shape index (κ2) is 6.26. The molecule has 0 bridgehead atoms. The van der Waals surface area contributed by atoms with Crippen LogP contribution < -0.4 is 9.84 Å². The third-order valence-corrected chi connectivity index (χ3v) is 3.14. The van der Waals surface area contributed by atoms with Crippen LogP contribution in [0.25, 0.3) is 5.57 Å². The van der Waals surface area contributed by atoms with Crippen molar-refractivity contribution in [3.05, 3.63) is 70.8 Å². The second-order valence-corrected chi connectivity index (χ2v) is 4.50. The van der Waals surface area contributed by atoms with Crippen molar-refractivity contribution in [1.29, 1.82) is 0 Å². The molecule has 0 aliphatic heterocycles. The van der Waals surface area contributed by atoms with E-state index in [1.807, 2.05) is 0 Å². The smallest absolute Gasteiger partial charge is 0.119 e. The van der Waals surface area contributed by atoms with Gasteiger partial charge in [-0.2, -0.15) is 0 Å². The number of rotatable bonds is 4. The first-order chi connectivity index (χ1) is 9.61. The summed E-state index contributed by atoms with van der Waals surface area (Å²) >= 11 is 6.14. The average Bonchev–Trinajstić information content (AvgIpc) is 2.45. The monoisotopic (exact) mass is 287 g/mol. The highest BCUT2D eigenvalue weighted by atomic mass is 35.5. The number of methoxy groups -OCH3 is 1. The lowest BCUT2D eigenvalue weighted by Crippen LogP contribution is -2.19. The summed E-state index contributed by atoms with van der Waals surface area (Å²) < 4.78 is 5.15. The van der Waals surface area contributed by atoms with Crippen LogP contribution in [-0.2, 0) is 4.79 Å². The molecule has 0 aromatic heterocycles. The Kier molecular flexibility index (Phi) is 4.43. The van der Waals surface area contributed by atoms with E-state index in [4.69, 9.17) is 16.3 Å². The molecule has 4 heteroatoms. The highest BCUT2D eigenvalue weighted by molar-refractivity contribution is 6.32. The molecule has 0 aliphatic carbocycles. The van der Waals surface area contributed by atoms with Gasteiger partial charge in [0.1, 0.15) is 5.75 Å². The summed E-state index contributed by atoms with van der Waals surface area (Å²) in [5.74, 6) is -0.637. The molecule has 0 unspecified atom stereocenters. The van der Waals surface area contributed by atoms with E-state index < -0.39 is 5.97 Å². The van der Waals surface area contributed by atoms with E-state index >= 15 is 0 Å². The van der Waals surface area contributed by atoms with Gasteiger partial charge in [0.15, 0.2) is 0 Å². The van der Waals surface area contributed by atoms with Gasteiger partial charge in [0.25, 0.3) is 0 Å². The van der Waals surface area contributed by atoms with Crippen LogP contribution in [0.2, 0.25) is 5.02 Å². The van der Waals surface area contributed by atoms with E-state index in [0.29, 0.717) is 27.5 Å². The number of halogens is 1. The van der Waals surface area contributed by atoms with Crippen LogP contribution in [0, 0.1) is 0 Å². The molecule has 0 saturated carbocycles. The summed E-state index contributed by atoms with van der Waals surface area (Å²) in [6.45, 7) is 0. The molecule has 20 heavy (non-hydrogen) atoms. The summed E-state index contributed by atoms with van der Waals surface area (Å²) in [5, 5.41) is 11.4. The van der Waals surface area contributed by atoms with Gasteiger partial charge in [-0.05, 0) is 35.4 Å². The van der Waals surface area contributed by atoms with Crippen molar-refractivity contribution in [2.75, 3.05) is 7.11 Å². The fraction of sp³-hybridized carbons (Fsp3) is 0.0625. The zero-order valence-corrected chi connectivity index (χ0v) is 11.6. The Bertz CT molecular complexity index is 662. The molecule has 0 aliphatic rings. The Balaban J connectivity index is 2.59. The first-order valence-corrected chi connectivity index (χ1v) is 6.31. The Labute approximate surface area is 122 Å². The molecular formula is C16H12ClO3-. The van der Waals surface area contributed by atoms with Crippen LogP contribution >= 0.6 is 11.6 Å². The molecule has 3 nitrogen and oxygen atoms in total. The lowest BCUT2D eigenvalue weighted by molar-refractivity contribution is -0.297. The number of carboxylic acids is 1. The topological polar surface area (TPSA) is 49.4 Å². The van der Waals surface area contributed by atoms with Crippen LogP contribution in [-0.4, -0.2) is 13.1 Å². The van der Waals surface area contributed by atoms with Crippen molar-refractivity contribution in [2.24, 2.45) is 0 Å². The number of hydrogen-bond donors (Lipinski definition) is 0. The highest BCUT2D eigenvalue weighted by Gasteiger charge is 2.09. The number of benzene rings is 2. The summed E-state index contributed by atoms with van der Waals surface area (Å²) in [4.78, 5) is 11.0. The minimum Gasteiger partial charge on any atom is -0.545 e. The summed E-state index contributed by atoms with van der Waals surface area (Å²) in [6.07, 6.45) is 1.04. The van der Waals surface area contributed by atoms with Crippen LogP contribution in [0.4, 0.5) is 0 Å². The molecular weight excluding hydrogens is 276 g/mol. The fourth-order valence-corrected chi connectivity index (χ4v) is 2.14. The molecule has 0 amide bonds. The van der Waals surface area contributed by atoms with Crippen molar-refractivity contribution in [2.45, 2.75) is 0 Å². The lowest BCUT2D eigenvalue weighted by atomic mass is 9.97. The van der Waals surface area contributed by atoms with Crippen molar-refractivity contribution in [3.8, 4) is 5.75 Å². The second-order valence-electron chi connectivity index (χ2n) is 4.09. The van der Waals surface area contributed by atoms with Gasteiger partial charge in [0, 0.05) is 10.6 Å². The molecule has 0 N–H and O–H groups in total. The number of hydrogen-bond acceptors (Lipinski definition) is 3. The maximum absolute atomic E-state index is 11.0. The average molecular weight is 288 g/mol. The maximum Gasteiger partial charge on any atom is 0.119 e. The molecule has 2 rings (SSSR count). The van der Waals surface area contributed by atoms with Crippen LogP contribution in [0.15, 0.2) is 54.6 Å². The van der Waals surface area contributed by atoms with Gasteiger partial charge < -0.3 is 14.6 Å². The highest BCUT2D eigenvalue weighted by Crippen LogP contribution is 2.30. The first-order valence-electron chi connectivity index (χ1n) is 5.94. The molecule has 0 radical (unpaired) electrons. The molecule has 2 aromatic rings. The quantitative estimate of drug-likeness (QED) is 0.812. The molecule has 0 spiro atoms. The van der Waals surface area contributed by atoms with Gasteiger partial charge in [-0.1, -0.05) is 41.9 Å². The van der Waals surface area contributed by atoms with Gasteiger partial charge in [-0.3, -0.25) is 0 Å². The Hall–Kier alpha value is -2.26. The van der Waals surface area contributed by atoms with E-state index in [1.54, 1.807) is 55.6 Å². The molecule has 102 valence electrons. The third-order valence-electron chi connectivity index (χ3n) is 2.81. The van der Waals surface area contributed by atoms with Crippen molar-refractivity contribution in [1.82, 2.24) is 0 Å². The molecule has 2 aromatic carbocycles.